The predicted molar refractivity (Wildman–Crippen MR) is 42.1 cm³/mol. The number of hydrogen-bond acceptors (Lipinski definition) is 3. The van der Waals surface area contributed by atoms with Gasteiger partial charge >= 0.3 is 0 Å². The largest absolute Gasteiger partial charge is 0.396 e. The lowest BCUT2D eigenvalue weighted by Gasteiger charge is -1.92. The minimum absolute atomic E-state index is 0.660. The number of hydrogen-bond donors (Lipinski definition) is 1. The molecule has 0 aliphatic rings. The van der Waals surface area contributed by atoms with E-state index in [1.54, 1.807) is 4.52 Å². The third-order valence-corrected chi connectivity index (χ3v) is 1.50. The molecule has 0 bridgehead atoms. The Morgan fingerprint density at radius 3 is 3.09 bits per heavy atom. The summed E-state index contributed by atoms with van der Waals surface area (Å²) in [6.07, 6.45) is 1.83. The molecular weight excluding hydrogens is 140 g/mol. The van der Waals surface area contributed by atoms with Crippen molar-refractivity contribution in [1.29, 1.82) is 0 Å². The highest BCUT2D eigenvalue weighted by Gasteiger charge is 2.00. The highest BCUT2D eigenvalue weighted by molar-refractivity contribution is 5.63. The SMILES string of the molecule is Cc1nc2c(N)cccn2n1. The summed E-state index contributed by atoms with van der Waals surface area (Å²) < 4.78 is 1.67. The van der Waals surface area contributed by atoms with E-state index < -0.39 is 0 Å². The van der Waals surface area contributed by atoms with Crippen molar-refractivity contribution in [2.75, 3.05) is 5.73 Å². The van der Waals surface area contributed by atoms with Gasteiger partial charge in [-0.15, -0.1) is 0 Å². The highest BCUT2D eigenvalue weighted by atomic mass is 15.3. The number of nitrogens with two attached hydrogens (primary N) is 1. The Hall–Kier alpha value is -1.58. The van der Waals surface area contributed by atoms with Crippen molar-refractivity contribution in [1.82, 2.24) is 14.6 Å². The molecule has 2 aromatic rings. The first-order chi connectivity index (χ1) is 5.27. The lowest BCUT2D eigenvalue weighted by atomic mass is 10.4. The smallest absolute Gasteiger partial charge is 0.178 e. The van der Waals surface area contributed by atoms with E-state index in [2.05, 4.69) is 10.1 Å². The number of pyridine rings is 1. The summed E-state index contributed by atoms with van der Waals surface area (Å²) in [5.74, 6) is 0.739. The van der Waals surface area contributed by atoms with Crippen LogP contribution in [0, 0.1) is 6.92 Å². The number of nitrogen functional groups attached to an aromatic ring is 1. The number of fused-ring (bicyclic) bond motifs is 1. The highest BCUT2D eigenvalue weighted by Crippen LogP contribution is 2.08. The van der Waals surface area contributed by atoms with Crippen LogP contribution in [-0.2, 0) is 0 Å². The maximum absolute atomic E-state index is 5.65. The van der Waals surface area contributed by atoms with Crippen LogP contribution in [0.2, 0.25) is 0 Å². The quantitative estimate of drug-likeness (QED) is 0.595. The summed E-state index contributed by atoms with van der Waals surface area (Å²) in [5.41, 5.74) is 7.03. The Morgan fingerprint density at radius 1 is 1.55 bits per heavy atom. The lowest BCUT2D eigenvalue weighted by molar-refractivity contribution is 0.931. The normalized spacial score (nSPS) is 10.6. The van der Waals surface area contributed by atoms with Crippen LogP contribution >= 0.6 is 0 Å². The molecule has 2 N–H and O–H groups in total. The molecule has 0 radical (unpaired) electrons. The van der Waals surface area contributed by atoms with Crippen molar-refractivity contribution in [3.8, 4) is 0 Å². The van der Waals surface area contributed by atoms with E-state index in [-0.39, 0.29) is 0 Å². The second kappa shape index (κ2) is 1.95. The molecule has 0 aliphatic carbocycles. The average molecular weight is 148 g/mol. The summed E-state index contributed by atoms with van der Waals surface area (Å²) in [7, 11) is 0. The van der Waals surface area contributed by atoms with E-state index in [0.29, 0.717) is 5.69 Å². The zero-order valence-electron chi connectivity index (χ0n) is 6.15. The fraction of sp³-hybridized carbons (Fsp3) is 0.143. The van der Waals surface area contributed by atoms with Crippen molar-refractivity contribution in [3.05, 3.63) is 24.2 Å². The van der Waals surface area contributed by atoms with Gasteiger partial charge in [0.2, 0.25) is 0 Å². The summed E-state index contributed by atoms with van der Waals surface area (Å²) >= 11 is 0. The van der Waals surface area contributed by atoms with Gasteiger partial charge in [-0.1, -0.05) is 0 Å². The average Bonchev–Trinajstić information content (AvgIpc) is 2.31. The third kappa shape index (κ3) is 0.832. The van der Waals surface area contributed by atoms with Crippen molar-refractivity contribution < 1.29 is 0 Å². The maximum atomic E-state index is 5.65. The predicted octanol–water partition coefficient (Wildman–Crippen LogP) is 0.620. The Kier molecular flexibility index (Phi) is 1.09. The summed E-state index contributed by atoms with van der Waals surface area (Å²) in [6.45, 7) is 1.84. The molecule has 56 valence electrons. The van der Waals surface area contributed by atoms with Crippen LogP contribution in [0.1, 0.15) is 5.82 Å². The zero-order valence-corrected chi connectivity index (χ0v) is 6.15. The van der Waals surface area contributed by atoms with Crippen molar-refractivity contribution in [3.63, 3.8) is 0 Å². The molecule has 0 saturated heterocycles. The zero-order chi connectivity index (χ0) is 7.84. The number of aromatic nitrogens is 3. The number of nitrogens with zero attached hydrogens (tertiary/aromatic N) is 3. The molecule has 11 heavy (non-hydrogen) atoms. The molecule has 2 aromatic heterocycles. The van der Waals surface area contributed by atoms with E-state index >= 15 is 0 Å². The molecule has 0 aliphatic heterocycles. The van der Waals surface area contributed by atoms with Gasteiger partial charge in [0.05, 0.1) is 5.69 Å². The fourth-order valence-corrected chi connectivity index (χ4v) is 1.03. The molecule has 0 amide bonds. The van der Waals surface area contributed by atoms with Crippen LogP contribution in [0.3, 0.4) is 0 Å². The van der Waals surface area contributed by atoms with Crippen LogP contribution in [0.15, 0.2) is 18.3 Å². The first kappa shape index (κ1) is 6.15. The maximum Gasteiger partial charge on any atom is 0.178 e. The Morgan fingerprint density at radius 2 is 2.36 bits per heavy atom. The summed E-state index contributed by atoms with van der Waals surface area (Å²) in [4.78, 5) is 4.14. The molecule has 2 heterocycles. The van der Waals surface area contributed by atoms with Gasteiger partial charge in [-0.3, -0.25) is 0 Å². The van der Waals surface area contributed by atoms with Gasteiger partial charge in [0.15, 0.2) is 5.65 Å². The van der Waals surface area contributed by atoms with E-state index in [1.165, 1.54) is 0 Å². The van der Waals surface area contributed by atoms with Crippen LogP contribution in [0.4, 0.5) is 5.69 Å². The van der Waals surface area contributed by atoms with Crippen molar-refractivity contribution >= 4 is 11.3 Å². The number of anilines is 1. The second-order valence-electron chi connectivity index (χ2n) is 2.39. The first-order valence-electron chi connectivity index (χ1n) is 3.35. The van der Waals surface area contributed by atoms with E-state index in [9.17, 15) is 0 Å². The van der Waals surface area contributed by atoms with Crippen molar-refractivity contribution in [2.45, 2.75) is 6.92 Å². The third-order valence-electron chi connectivity index (χ3n) is 1.50. The molecule has 2 rings (SSSR count). The molecule has 4 nitrogen and oxygen atoms in total. The first-order valence-corrected chi connectivity index (χ1v) is 3.35. The van der Waals surface area contributed by atoms with Gasteiger partial charge in [-0.25, -0.2) is 9.50 Å². The van der Waals surface area contributed by atoms with Gasteiger partial charge in [-0.2, -0.15) is 5.10 Å². The molecule has 0 spiro atoms. The molecule has 0 saturated carbocycles. The van der Waals surface area contributed by atoms with Gasteiger partial charge in [0.25, 0.3) is 0 Å². The molecular formula is C7H8N4. The van der Waals surface area contributed by atoms with Gasteiger partial charge < -0.3 is 5.73 Å². The van der Waals surface area contributed by atoms with Crippen molar-refractivity contribution in [2.24, 2.45) is 0 Å². The number of aryl methyl sites for hydroxylation is 1. The van der Waals surface area contributed by atoms with Crippen LogP contribution in [-0.4, -0.2) is 14.6 Å². The van der Waals surface area contributed by atoms with E-state index in [4.69, 9.17) is 5.73 Å². The number of rotatable bonds is 0. The Balaban J connectivity index is 2.90. The standard InChI is InChI=1S/C7H8N4/c1-5-9-7-6(8)3-2-4-11(7)10-5/h2-4H,8H2,1H3. The summed E-state index contributed by atoms with van der Waals surface area (Å²) in [5, 5.41) is 4.10. The Labute approximate surface area is 63.7 Å². The van der Waals surface area contributed by atoms with Crippen LogP contribution < -0.4 is 5.73 Å². The Bertz CT molecular complexity index is 390. The monoisotopic (exact) mass is 148 g/mol. The van der Waals surface area contributed by atoms with Crippen LogP contribution in [0.5, 0.6) is 0 Å². The second-order valence-corrected chi connectivity index (χ2v) is 2.39. The molecule has 0 atom stereocenters. The fourth-order valence-electron chi connectivity index (χ4n) is 1.03. The minimum atomic E-state index is 0.660. The van der Waals surface area contributed by atoms with Crippen LogP contribution in [0.25, 0.3) is 5.65 Å². The van der Waals surface area contributed by atoms with E-state index in [1.807, 2.05) is 25.3 Å². The molecule has 4 heteroatoms. The lowest BCUT2D eigenvalue weighted by Crippen LogP contribution is -1.92. The topological polar surface area (TPSA) is 56.2 Å². The molecule has 0 unspecified atom stereocenters. The van der Waals surface area contributed by atoms with E-state index in [0.717, 1.165) is 11.5 Å². The minimum Gasteiger partial charge on any atom is -0.396 e. The van der Waals surface area contributed by atoms with Gasteiger partial charge in [0.1, 0.15) is 5.82 Å². The van der Waals surface area contributed by atoms with Gasteiger partial charge in [0, 0.05) is 6.20 Å². The molecule has 0 aromatic carbocycles. The molecule has 0 fully saturated rings. The van der Waals surface area contributed by atoms with Gasteiger partial charge in [-0.05, 0) is 19.1 Å². The summed E-state index contributed by atoms with van der Waals surface area (Å²) in [6, 6.07) is 3.65.